The first-order valence-corrected chi connectivity index (χ1v) is 7.67. The fraction of sp³-hybridized carbons (Fsp3) is 0.294. The van der Waals surface area contributed by atoms with E-state index in [9.17, 15) is 4.39 Å². The zero-order chi connectivity index (χ0) is 15.4. The summed E-state index contributed by atoms with van der Waals surface area (Å²) in [5.41, 5.74) is 8.82. The second-order valence-corrected chi connectivity index (χ2v) is 6.15. The van der Waals surface area contributed by atoms with E-state index in [4.69, 9.17) is 10.5 Å². The first-order valence-electron chi connectivity index (χ1n) is 6.87. The van der Waals surface area contributed by atoms with Crippen molar-refractivity contribution in [3.05, 3.63) is 63.4 Å². The largest absolute Gasteiger partial charge is 0.489 e. The molecule has 2 rings (SSSR count). The minimum absolute atomic E-state index is 0.0852. The Hall–Kier alpha value is -1.39. The maximum atomic E-state index is 13.3. The van der Waals surface area contributed by atoms with Crippen molar-refractivity contribution in [3.8, 4) is 5.75 Å². The number of ether oxygens (including phenoxy) is 1. The Morgan fingerprint density at radius 1 is 1.19 bits per heavy atom. The molecule has 0 heterocycles. The number of hydrogen-bond donors (Lipinski definition) is 1. The third-order valence-corrected chi connectivity index (χ3v) is 4.04. The molecule has 21 heavy (non-hydrogen) atoms. The lowest BCUT2D eigenvalue weighted by molar-refractivity contribution is 0.304. The van der Waals surface area contributed by atoms with Crippen LogP contribution in [0, 0.1) is 12.7 Å². The van der Waals surface area contributed by atoms with Gasteiger partial charge < -0.3 is 10.5 Å². The van der Waals surface area contributed by atoms with Crippen molar-refractivity contribution in [2.45, 2.75) is 32.9 Å². The number of aryl methyl sites for hydroxylation is 1. The van der Waals surface area contributed by atoms with Crippen LogP contribution in [0.2, 0.25) is 0 Å². The smallest absolute Gasteiger partial charge is 0.123 e. The lowest BCUT2D eigenvalue weighted by Gasteiger charge is -2.12. The minimum atomic E-state index is -0.243. The second-order valence-electron chi connectivity index (χ2n) is 5.29. The molecule has 1 atom stereocenters. The Kier molecular flexibility index (Phi) is 5.37. The maximum absolute atomic E-state index is 13.3. The van der Waals surface area contributed by atoms with E-state index in [0.717, 1.165) is 33.3 Å². The third-order valence-electron chi connectivity index (χ3n) is 3.26. The summed E-state index contributed by atoms with van der Waals surface area (Å²) in [6, 6.07) is 10.6. The summed E-state index contributed by atoms with van der Waals surface area (Å²) in [7, 11) is 0. The molecule has 0 saturated heterocycles. The molecule has 4 heteroatoms. The van der Waals surface area contributed by atoms with Crippen LogP contribution in [0.4, 0.5) is 4.39 Å². The van der Waals surface area contributed by atoms with Crippen LogP contribution in [0.15, 0.2) is 40.9 Å². The van der Waals surface area contributed by atoms with Crippen LogP contribution in [0.25, 0.3) is 0 Å². The molecule has 0 aliphatic heterocycles. The molecule has 112 valence electrons. The first kappa shape index (κ1) is 16.0. The van der Waals surface area contributed by atoms with Gasteiger partial charge in [0.25, 0.3) is 0 Å². The van der Waals surface area contributed by atoms with Crippen LogP contribution in [-0.2, 0) is 13.0 Å². The molecule has 0 fully saturated rings. The molecule has 2 aromatic rings. The van der Waals surface area contributed by atoms with Crippen molar-refractivity contribution in [1.29, 1.82) is 0 Å². The van der Waals surface area contributed by atoms with Gasteiger partial charge in [0.2, 0.25) is 0 Å². The van der Waals surface area contributed by atoms with E-state index < -0.39 is 0 Å². The molecular formula is C17H19BrFNO. The van der Waals surface area contributed by atoms with Gasteiger partial charge in [0.1, 0.15) is 18.2 Å². The molecule has 2 aromatic carbocycles. The zero-order valence-corrected chi connectivity index (χ0v) is 13.8. The lowest BCUT2D eigenvalue weighted by atomic mass is 10.1. The Labute approximate surface area is 133 Å². The predicted molar refractivity (Wildman–Crippen MR) is 87.0 cm³/mol. The van der Waals surface area contributed by atoms with E-state index in [-0.39, 0.29) is 11.9 Å². The van der Waals surface area contributed by atoms with Crippen LogP contribution < -0.4 is 10.5 Å². The van der Waals surface area contributed by atoms with E-state index >= 15 is 0 Å². The lowest BCUT2D eigenvalue weighted by Crippen LogP contribution is -2.18. The van der Waals surface area contributed by atoms with E-state index in [1.54, 1.807) is 6.07 Å². The fourth-order valence-electron chi connectivity index (χ4n) is 2.10. The van der Waals surface area contributed by atoms with E-state index in [0.29, 0.717) is 6.61 Å². The number of nitrogens with two attached hydrogens (primary N) is 1. The van der Waals surface area contributed by atoms with E-state index in [1.165, 1.54) is 12.1 Å². The average molecular weight is 352 g/mol. The standard InChI is InChI=1S/C17H19BrFNO/c1-11-3-4-15(19)8-14(11)10-21-16-5-6-17(18)13(9-16)7-12(2)20/h3-6,8-9,12H,7,10,20H2,1-2H3. The first-order chi connectivity index (χ1) is 9.95. The number of halogens is 2. The monoisotopic (exact) mass is 351 g/mol. The molecule has 0 radical (unpaired) electrons. The van der Waals surface area contributed by atoms with E-state index in [2.05, 4.69) is 15.9 Å². The Morgan fingerprint density at radius 2 is 1.95 bits per heavy atom. The number of benzene rings is 2. The van der Waals surface area contributed by atoms with Crippen LogP contribution in [-0.4, -0.2) is 6.04 Å². The van der Waals surface area contributed by atoms with Gasteiger partial charge in [-0.05, 0) is 67.3 Å². The molecule has 0 aliphatic rings. The Morgan fingerprint density at radius 3 is 2.67 bits per heavy atom. The Balaban J connectivity index is 2.11. The normalized spacial score (nSPS) is 12.2. The van der Waals surface area contributed by atoms with Gasteiger partial charge in [0, 0.05) is 10.5 Å². The van der Waals surface area contributed by atoms with Gasteiger partial charge in [-0.2, -0.15) is 0 Å². The van der Waals surface area contributed by atoms with Crippen LogP contribution in [0.5, 0.6) is 5.75 Å². The summed E-state index contributed by atoms with van der Waals surface area (Å²) in [6.45, 7) is 4.26. The summed E-state index contributed by atoms with van der Waals surface area (Å²) < 4.78 is 20.1. The zero-order valence-electron chi connectivity index (χ0n) is 12.2. The molecule has 1 unspecified atom stereocenters. The molecule has 2 N–H and O–H groups in total. The van der Waals surface area contributed by atoms with Gasteiger partial charge in [0.05, 0.1) is 0 Å². The van der Waals surface area contributed by atoms with Gasteiger partial charge >= 0.3 is 0 Å². The summed E-state index contributed by atoms with van der Waals surface area (Å²) in [5.74, 6) is 0.519. The summed E-state index contributed by atoms with van der Waals surface area (Å²) >= 11 is 3.52. The van der Waals surface area contributed by atoms with Crippen molar-refractivity contribution < 1.29 is 9.13 Å². The van der Waals surface area contributed by atoms with Gasteiger partial charge in [-0.15, -0.1) is 0 Å². The predicted octanol–water partition coefficient (Wildman–Crippen LogP) is 4.37. The quantitative estimate of drug-likeness (QED) is 0.868. The SMILES string of the molecule is Cc1ccc(F)cc1COc1ccc(Br)c(CC(C)N)c1. The molecule has 0 amide bonds. The Bertz CT molecular complexity index is 628. The number of rotatable bonds is 5. The highest BCUT2D eigenvalue weighted by atomic mass is 79.9. The molecular weight excluding hydrogens is 333 g/mol. The van der Waals surface area contributed by atoms with Gasteiger partial charge in [-0.1, -0.05) is 22.0 Å². The highest BCUT2D eigenvalue weighted by molar-refractivity contribution is 9.10. The molecule has 0 bridgehead atoms. The van der Waals surface area contributed by atoms with Crippen LogP contribution in [0.1, 0.15) is 23.6 Å². The molecule has 0 spiro atoms. The second kappa shape index (κ2) is 7.05. The fourth-order valence-corrected chi connectivity index (χ4v) is 2.51. The number of hydrogen-bond acceptors (Lipinski definition) is 2. The molecule has 2 nitrogen and oxygen atoms in total. The van der Waals surface area contributed by atoms with E-state index in [1.807, 2.05) is 32.0 Å². The molecule has 0 aliphatic carbocycles. The molecule has 0 saturated carbocycles. The van der Waals surface area contributed by atoms with Crippen molar-refractivity contribution in [1.82, 2.24) is 0 Å². The third kappa shape index (κ3) is 4.55. The van der Waals surface area contributed by atoms with Crippen molar-refractivity contribution in [2.75, 3.05) is 0 Å². The van der Waals surface area contributed by atoms with Crippen LogP contribution in [0.3, 0.4) is 0 Å². The topological polar surface area (TPSA) is 35.2 Å². The van der Waals surface area contributed by atoms with Crippen LogP contribution >= 0.6 is 15.9 Å². The van der Waals surface area contributed by atoms with Gasteiger partial charge in [-0.3, -0.25) is 0 Å². The highest BCUT2D eigenvalue weighted by Gasteiger charge is 2.07. The van der Waals surface area contributed by atoms with Crippen molar-refractivity contribution in [2.24, 2.45) is 5.73 Å². The average Bonchev–Trinajstić information content (AvgIpc) is 2.42. The summed E-state index contributed by atoms with van der Waals surface area (Å²) in [6.07, 6.45) is 0.775. The van der Waals surface area contributed by atoms with Gasteiger partial charge in [0.15, 0.2) is 0 Å². The minimum Gasteiger partial charge on any atom is -0.489 e. The molecule has 0 aromatic heterocycles. The summed E-state index contributed by atoms with van der Waals surface area (Å²) in [5, 5.41) is 0. The van der Waals surface area contributed by atoms with Crippen molar-refractivity contribution >= 4 is 15.9 Å². The van der Waals surface area contributed by atoms with Crippen molar-refractivity contribution in [3.63, 3.8) is 0 Å². The highest BCUT2D eigenvalue weighted by Crippen LogP contribution is 2.24. The van der Waals surface area contributed by atoms with Gasteiger partial charge in [-0.25, -0.2) is 4.39 Å². The maximum Gasteiger partial charge on any atom is 0.123 e. The summed E-state index contributed by atoms with van der Waals surface area (Å²) in [4.78, 5) is 0.